The summed E-state index contributed by atoms with van der Waals surface area (Å²) in [6, 6.07) is 7.77. The fourth-order valence-corrected chi connectivity index (χ4v) is 1.75. The Balaban J connectivity index is 2.12. The predicted molar refractivity (Wildman–Crippen MR) is 55.8 cm³/mol. The topological polar surface area (TPSA) is 26.0 Å². The molecular weight excluding hydrogens is 177 g/mol. The molecule has 1 aliphatic rings. The Morgan fingerprint density at radius 2 is 2.21 bits per heavy atom. The van der Waals surface area contributed by atoms with Gasteiger partial charge in [-0.25, -0.2) is 4.39 Å². The van der Waals surface area contributed by atoms with Crippen LogP contribution in [0.15, 0.2) is 24.3 Å². The van der Waals surface area contributed by atoms with E-state index in [2.05, 4.69) is 0 Å². The third kappa shape index (κ3) is 2.13. The first-order valence-corrected chi connectivity index (χ1v) is 5.24. The van der Waals surface area contributed by atoms with Gasteiger partial charge in [0.15, 0.2) is 0 Å². The van der Waals surface area contributed by atoms with Gasteiger partial charge in [-0.15, -0.1) is 0 Å². The minimum atomic E-state index is -0.757. The first-order chi connectivity index (χ1) is 6.81. The highest BCUT2D eigenvalue weighted by Gasteiger charge is 2.32. The van der Waals surface area contributed by atoms with Gasteiger partial charge in [-0.05, 0) is 42.9 Å². The highest BCUT2D eigenvalue weighted by molar-refractivity contribution is 5.26. The highest BCUT2D eigenvalue weighted by Crippen LogP contribution is 2.43. The van der Waals surface area contributed by atoms with Crippen LogP contribution in [0.1, 0.15) is 30.1 Å². The molecule has 0 spiro atoms. The van der Waals surface area contributed by atoms with Gasteiger partial charge in [0, 0.05) is 0 Å². The van der Waals surface area contributed by atoms with E-state index in [1.54, 1.807) is 0 Å². The molecule has 1 aromatic carbocycles. The van der Waals surface area contributed by atoms with Crippen LogP contribution in [0, 0.1) is 5.92 Å². The van der Waals surface area contributed by atoms with E-state index in [9.17, 15) is 4.39 Å². The lowest BCUT2D eigenvalue weighted by Crippen LogP contribution is -2.03. The predicted octanol–water partition coefficient (Wildman–Crippen LogP) is 2.61. The summed E-state index contributed by atoms with van der Waals surface area (Å²) in [7, 11) is 0. The quantitative estimate of drug-likeness (QED) is 0.781. The van der Waals surface area contributed by atoms with Crippen molar-refractivity contribution in [2.45, 2.75) is 25.4 Å². The lowest BCUT2D eigenvalue weighted by molar-refractivity contribution is 0.305. The minimum absolute atomic E-state index is 0.281. The average Bonchev–Trinajstić information content (AvgIpc) is 3.01. The van der Waals surface area contributed by atoms with Crippen LogP contribution in [-0.4, -0.2) is 6.54 Å². The molecule has 0 saturated heterocycles. The SMILES string of the molecule is NCCc1cccc(C(F)C2CC2)c1. The van der Waals surface area contributed by atoms with E-state index in [-0.39, 0.29) is 5.92 Å². The van der Waals surface area contributed by atoms with E-state index in [1.807, 2.05) is 24.3 Å². The zero-order chi connectivity index (χ0) is 9.97. The van der Waals surface area contributed by atoms with Crippen LogP contribution in [0.25, 0.3) is 0 Å². The molecule has 1 atom stereocenters. The van der Waals surface area contributed by atoms with Crippen molar-refractivity contribution in [2.75, 3.05) is 6.54 Å². The van der Waals surface area contributed by atoms with Crippen LogP contribution in [0.3, 0.4) is 0 Å². The summed E-state index contributed by atoms with van der Waals surface area (Å²) < 4.78 is 13.7. The number of benzene rings is 1. The molecule has 0 amide bonds. The van der Waals surface area contributed by atoms with E-state index in [1.165, 1.54) is 0 Å². The van der Waals surface area contributed by atoms with Gasteiger partial charge in [0.05, 0.1) is 0 Å². The molecule has 1 fully saturated rings. The molecular formula is C12H16FN. The molecule has 0 heterocycles. The van der Waals surface area contributed by atoms with Crippen molar-refractivity contribution < 1.29 is 4.39 Å². The van der Waals surface area contributed by atoms with Crippen molar-refractivity contribution in [1.29, 1.82) is 0 Å². The van der Waals surface area contributed by atoms with Gasteiger partial charge in [0.1, 0.15) is 6.17 Å². The second-order valence-electron chi connectivity index (χ2n) is 4.02. The van der Waals surface area contributed by atoms with Gasteiger partial charge in [-0.3, -0.25) is 0 Å². The third-order valence-electron chi connectivity index (χ3n) is 2.74. The molecule has 76 valence electrons. The van der Waals surface area contributed by atoms with Crippen LogP contribution in [0.2, 0.25) is 0 Å². The van der Waals surface area contributed by atoms with Crippen molar-refractivity contribution in [3.05, 3.63) is 35.4 Å². The number of alkyl halides is 1. The Hall–Kier alpha value is -0.890. The lowest BCUT2D eigenvalue weighted by atomic mass is 10.0. The molecule has 2 N–H and O–H groups in total. The van der Waals surface area contributed by atoms with Crippen molar-refractivity contribution in [2.24, 2.45) is 11.7 Å². The zero-order valence-electron chi connectivity index (χ0n) is 8.25. The molecule has 0 radical (unpaired) electrons. The van der Waals surface area contributed by atoms with Crippen LogP contribution in [-0.2, 0) is 6.42 Å². The second-order valence-corrected chi connectivity index (χ2v) is 4.02. The molecule has 1 aromatic rings. The van der Waals surface area contributed by atoms with Gasteiger partial charge in [-0.1, -0.05) is 24.3 Å². The smallest absolute Gasteiger partial charge is 0.128 e. The fourth-order valence-electron chi connectivity index (χ4n) is 1.75. The van der Waals surface area contributed by atoms with Gasteiger partial charge < -0.3 is 5.73 Å². The van der Waals surface area contributed by atoms with Gasteiger partial charge >= 0.3 is 0 Å². The van der Waals surface area contributed by atoms with Gasteiger partial charge in [0.25, 0.3) is 0 Å². The summed E-state index contributed by atoms with van der Waals surface area (Å²) >= 11 is 0. The minimum Gasteiger partial charge on any atom is -0.330 e. The largest absolute Gasteiger partial charge is 0.330 e. The Morgan fingerprint density at radius 1 is 1.43 bits per heavy atom. The van der Waals surface area contributed by atoms with Crippen LogP contribution < -0.4 is 5.73 Å². The average molecular weight is 193 g/mol. The summed E-state index contributed by atoms with van der Waals surface area (Å²) in [6.45, 7) is 0.629. The molecule has 0 aliphatic heterocycles. The highest BCUT2D eigenvalue weighted by atomic mass is 19.1. The van der Waals surface area contributed by atoms with E-state index < -0.39 is 6.17 Å². The molecule has 1 aliphatic carbocycles. The van der Waals surface area contributed by atoms with E-state index >= 15 is 0 Å². The summed E-state index contributed by atoms with van der Waals surface area (Å²) in [5.74, 6) is 0.281. The monoisotopic (exact) mass is 193 g/mol. The Labute approximate surface area is 84.1 Å². The molecule has 1 nitrogen and oxygen atoms in total. The number of hydrogen-bond acceptors (Lipinski definition) is 1. The third-order valence-corrected chi connectivity index (χ3v) is 2.74. The van der Waals surface area contributed by atoms with Crippen molar-refractivity contribution >= 4 is 0 Å². The molecule has 14 heavy (non-hydrogen) atoms. The fraction of sp³-hybridized carbons (Fsp3) is 0.500. The zero-order valence-corrected chi connectivity index (χ0v) is 8.25. The van der Waals surface area contributed by atoms with Crippen LogP contribution in [0.4, 0.5) is 4.39 Å². The molecule has 2 heteroatoms. The Bertz CT molecular complexity index is 307. The van der Waals surface area contributed by atoms with Crippen molar-refractivity contribution in [1.82, 2.24) is 0 Å². The molecule has 1 unspecified atom stereocenters. The van der Waals surface area contributed by atoms with Crippen LogP contribution in [0.5, 0.6) is 0 Å². The van der Waals surface area contributed by atoms with E-state index in [0.717, 1.165) is 30.4 Å². The second kappa shape index (κ2) is 4.09. The number of nitrogens with two attached hydrogens (primary N) is 1. The van der Waals surface area contributed by atoms with Crippen molar-refractivity contribution in [3.8, 4) is 0 Å². The first kappa shape index (κ1) is 9.66. The lowest BCUT2D eigenvalue weighted by Gasteiger charge is -2.08. The number of hydrogen-bond donors (Lipinski definition) is 1. The summed E-state index contributed by atoms with van der Waals surface area (Å²) in [5, 5.41) is 0. The molecule has 1 saturated carbocycles. The maximum absolute atomic E-state index is 13.7. The molecule has 0 bridgehead atoms. The van der Waals surface area contributed by atoms with E-state index in [4.69, 9.17) is 5.73 Å². The molecule has 0 aromatic heterocycles. The standard InChI is InChI=1S/C12H16FN/c13-12(10-4-5-10)11-3-1-2-9(8-11)6-7-14/h1-3,8,10,12H,4-7,14H2. The maximum Gasteiger partial charge on any atom is 0.128 e. The summed E-state index contributed by atoms with van der Waals surface area (Å²) in [5.41, 5.74) is 7.44. The summed E-state index contributed by atoms with van der Waals surface area (Å²) in [6.07, 6.45) is 2.17. The van der Waals surface area contributed by atoms with Crippen molar-refractivity contribution in [3.63, 3.8) is 0 Å². The summed E-state index contributed by atoms with van der Waals surface area (Å²) in [4.78, 5) is 0. The van der Waals surface area contributed by atoms with Crippen LogP contribution >= 0.6 is 0 Å². The van der Waals surface area contributed by atoms with E-state index in [0.29, 0.717) is 6.54 Å². The van der Waals surface area contributed by atoms with Gasteiger partial charge in [-0.2, -0.15) is 0 Å². The Kier molecular flexibility index (Phi) is 2.82. The normalized spacial score (nSPS) is 18.1. The molecule has 2 rings (SSSR count). The van der Waals surface area contributed by atoms with Gasteiger partial charge in [0.2, 0.25) is 0 Å². The maximum atomic E-state index is 13.7. The number of rotatable bonds is 4. The Morgan fingerprint density at radius 3 is 2.86 bits per heavy atom. The number of halogens is 1. The first-order valence-electron chi connectivity index (χ1n) is 5.24.